The largest absolute Gasteiger partial charge is 0.320 e. The van der Waals surface area contributed by atoms with Crippen LogP contribution in [0.3, 0.4) is 0 Å². The lowest BCUT2D eigenvalue weighted by Gasteiger charge is -2.25. The Morgan fingerprint density at radius 3 is 2.53 bits per heavy atom. The van der Waals surface area contributed by atoms with Gasteiger partial charge in [-0.3, -0.25) is 0 Å². The highest BCUT2D eigenvalue weighted by atomic mass is 32.2. The standard InChI is InChI=1S/C11H25N3O2S/c1-12-8-4-10-14(2)17(15,16)13-9-7-11-5-3-6-11/h11-13H,3-10H2,1-2H3. The van der Waals surface area contributed by atoms with E-state index in [1.54, 1.807) is 7.05 Å². The molecule has 0 saturated heterocycles. The summed E-state index contributed by atoms with van der Waals surface area (Å²) in [5.74, 6) is 0.743. The molecule has 1 saturated carbocycles. The first-order valence-corrected chi connectivity index (χ1v) is 7.86. The molecule has 5 nitrogen and oxygen atoms in total. The maximum absolute atomic E-state index is 11.8. The second-order valence-electron chi connectivity index (χ2n) is 4.76. The van der Waals surface area contributed by atoms with Crippen molar-refractivity contribution in [3.05, 3.63) is 0 Å². The zero-order valence-electron chi connectivity index (χ0n) is 10.9. The fraction of sp³-hybridized carbons (Fsp3) is 1.00. The minimum atomic E-state index is -3.26. The Balaban J connectivity index is 2.18. The van der Waals surface area contributed by atoms with Gasteiger partial charge < -0.3 is 5.32 Å². The molecule has 1 aliphatic carbocycles. The summed E-state index contributed by atoms with van der Waals surface area (Å²) in [6, 6.07) is 0. The summed E-state index contributed by atoms with van der Waals surface area (Å²) in [4.78, 5) is 0. The van der Waals surface area contributed by atoms with Crippen molar-refractivity contribution in [2.75, 3.05) is 33.7 Å². The molecule has 0 aromatic carbocycles. The smallest absolute Gasteiger partial charge is 0.279 e. The predicted molar refractivity (Wildman–Crippen MR) is 70.1 cm³/mol. The van der Waals surface area contributed by atoms with Gasteiger partial charge in [-0.05, 0) is 32.4 Å². The van der Waals surface area contributed by atoms with E-state index in [4.69, 9.17) is 0 Å². The minimum Gasteiger partial charge on any atom is -0.320 e. The normalized spacial score (nSPS) is 17.4. The lowest BCUT2D eigenvalue weighted by molar-refractivity contribution is 0.296. The van der Waals surface area contributed by atoms with Crippen molar-refractivity contribution in [3.8, 4) is 0 Å². The first-order chi connectivity index (χ1) is 8.06. The van der Waals surface area contributed by atoms with Crippen LogP contribution in [0.1, 0.15) is 32.1 Å². The summed E-state index contributed by atoms with van der Waals surface area (Å²) in [5, 5.41) is 3.01. The zero-order chi connectivity index (χ0) is 12.7. The fourth-order valence-electron chi connectivity index (χ4n) is 1.88. The molecule has 0 radical (unpaired) electrons. The molecule has 1 rings (SSSR count). The van der Waals surface area contributed by atoms with Gasteiger partial charge in [0.2, 0.25) is 0 Å². The van der Waals surface area contributed by atoms with E-state index in [0.717, 1.165) is 25.3 Å². The van der Waals surface area contributed by atoms with Gasteiger partial charge >= 0.3 is 0 Å². The maximum atomic E-state index is 11.8. The van der Waals surface area contributed by atoms with Crippen molar-refractivity contribution in [1.29, 1.82) is 0 Å². The lowest BCUT2D eigenvalue weighted by atomic mass is 9.83. The van der Waals surface area contributed by atoms with Gasteiger partial charge in [-0.2, -0.15) is 12.7 Å². The van der Waals surface area contributed by atoms with Gasteiger partial charge in [-0.25, -0.2) is 4.72 Å². The van der Waals surface area contributed by atoms with Gasteiger partial charge in [0.25, 0.3) is 10.2 Å². The Kier molecular flexibility index (Phi) is 6.40. The summed E-state index contributed by atoms with van der Waals surface area (Å²) in [6.07, 6.45) is 5.64. The molecule has 0 aliphatic heterocycles. The van der Waals surface area contributed by atoms with Gasteiger partial charge in [0, 0.05) is 20.1 Å². The molecule has 6 heteroatoms. The summed E-state index contributed by atoms with van der Waals surface area (Å²) in [5.41, 5.74) is 0. The summed E-state index contributed by atoms with van der Waals surface area (Å²) >= 11 is 0. The number of nitrogens with zero attached hydrogens (tertiary/aromatic N) is 1. The third-order valence-corrected chi connectivity index (χ3v) is 4.94. The number of rotatable bonds is 9. The van der Waals surface area contributed by atoms with E-state index in [2.05, 4.69) is 10.0 Å². The Labute approximate surface area is 105 Å². The van der Waals surface area contributed by atoms with Crippen LogP contribution < -0.4 is 10.0 Å². The zero-order valence-corrected chi connectivity index (χ0v) is 11.7. The molecule has 0 amide bonds. The summed E-state index contributed by atoms with van der Waals surface area (Å²) in [6.45, 7) is 1.96. The van der Waals surface area contributed by atoms with Crippen LogP contribution >= 0.6 is 0 Å². The van der Waals surface area contributed by atoms with Crippen molar-refractivity contribution >= 4 is 10.2 Å². The van der Waals surface area contributed by atoms with Crippen molar-refractivity contribution in [2.45, 2.75) is 32.1 Å². The van der Waals surface area contributed by atoms with Gasteiger partial charge in [0.05, 0.1) is 0 Å². The molecule has 0 bridgehead atoms. The molecule has 0 atom stereocenters. The first kappa shape index (κ1) is 14.9. The molecule has 17 heavy (non-hydrogen) atoms. The highest BCUT2D eigenvalue weighted by Gasteiger charge is 2.20. The van der Waals surface area contributed by atoms with Crippen LogP contribution in [-0.4, -0.2) is 46.5 Å². The SMILES string of the molecule is CNCCCN(C)S(=O)(=O)NCCC1CCC1. The third kappa shape index (κ3) is 5.33. The van der Waals surface area contributed by atoms with Gasteiger partial charge in [-0.1, -0.05) is 19.3 Å². The van der Waals surface area contributed by atoms with Crippen molar-refractivity contribution < 1.29 is 8.42 Å². The second kappa shape index (κ2) is 7.31. The van der Waals surface area contributed by atoms with Gasteiger partial charge in [-0.15, -0.1) is 0 Å². The predicted octanol–water partition coefficient (Wildman–Crippen LogP) is 0.552. The summed E-state index contributed by atoms with van der Waals surface area (Å²) in [7, 11) is 0.228. The average Bonchev–Trinajstić information content (AvgIpc) is 2.22. The number of hydrogen-bond acceptors (Lipinski definition) is 3. The maximum Gasteiger partial charge on any atom is 0.279 e. The topological polar surface area (TPSA) is 61.4 Å². The van der Waals surface area contributed by atoms with E-state index in [-0.39, 0.29) is 0 Å². The van der Waals surface area contributed by atoms with E-state index in [9.17, 15) is 8.42 Å². The molecule has 102 valence electrons. The number of nitrogens with one attached hydrogen (secondary N) is 2. The van der Waals surface area contributed by atoms with Crippen LogP contribution in [0, 0.1) is 5.92 Å². The van der Waals surface area contributed by atoms with Crippen LogP contribution in [0.4, 0.5) is 0 Å². The molecule has 0 aromatic heterocycles. The van der Waals surface area contributed by atoms with Gasteiger partial charge in [0.1, 0.15) is 0 Å². The molecule has 0 spiro atoms. The van der Waals surface area contributed by atoms with E-state index >= 15 is 0 Å². The van der Waals surface area contributed by atoms with Crippen molar-refractivity contribution in [1.82, 2.24) is 14.3 Å². The van der Waals surface area contributed by atoms with Crippen molar-refractivity contribution in [2.24, 2.45) is 5.92 Å². The summed E-state index contributed by atoms with van der Waals surface area (Å²) < 4.78 is 27.7. The molecular formula is C11H25N3O2S. The molecule has 0 heterocycles. The quantitative estimate of drug-likeness (QED) is 0.597. The molecule has 0 aromatic rings. The van der Waals surface area contributed by atoms with E-state index in [1.165, 1.54) is 23.6 Å². The van der Waals surface area contributed by atoms with Crippen LogP contribution in [0.2, 0.25) is 0 Å². The van der Waals surface area contributed by atoms with Crippen LogP contribution in [0.5, 0.6) is 0 Å². The van der Waals surface area contributed by atoms with Crippen LogP contribution in [0.25, 0.3) is 0 Å². The van der Waals surface area contributed by atoms with E-state index < -0.39 is 10.2 Å². The third-order valence-electron chi connectivity index (χ3n) is 3.37. The highest BCUT2D eigenvalue weighted by Crippen LogP contribution is 2.28. The molecular weight excluding hydrogens is 238 g/mol. The van der Waals surface area contributed by atoms with Crippen LogP contribution in [-0.2, 0) is 10.2 Å². The highest BCUT2D eigenvalue weighted by molar-refractivity contribution is 7.87. The fourth-order valence-corrected chi connectivity index (χ4v) is 2.85. The Morgan fingerprint density at radius 2 is 2.00 bits per heavy atom. The molecule has 2 N–H and O–H groups in total. The van der Waals surface area contributed by atoms with Crippen molar-refractivity contribution in [3.63, 3.8) is 0 Å². The van der Waals surface area contributed by atoms with E-state index in [0.29, 0.717) is 13.1 Å². The number of hydrogen-bond donors (Lipinski definition) is 2. The molecule has 1 fully saturated rings. The first-order valence-electron chi connectivity index (χ1n) is 6.42. The van der Waals surface area contributed by atoms with E-state index in [1.807, 2.05) is 7.05 Å². The van der Waals surface area contributed by atoms with Gasteiger partial charge in [0.15, 0.2) is 0 Å². The monoisotopic (exact) mass is 263 g/mol. The minimum absolute atomic E-state index is 0.555. The second-order valence-corrected chi connectivity index (χ2v) is 6.63. The Hall–Kier alpha value is -0.170. The Morgan fingerprint density at radius 1 is 1.29 bits per heavy atom. The molecule has 0 unspecified atom stereocenters. The average molecular weight is 263 g/mol. The molecule has 1 aliphatic rings. The Bertz CT molecular complexity index is 302. The van der Waals surface area contributed by atoms with Crippen LogP contribution in [0.15, 0.2) is 0 Å². The lowest BCUT2D eigenvalue weighted by Crippen LogP contribution is -2.40.